The van der Waals surface area contributed by atoms with Gasteiger partial charge in [-0.05, 0) is 58.9 Å². The van der Waals surface area contributed by atoms with Gasteiger partial charge in [0.05, 0.1) is 13.9 Å². The minimum atomic E-state index is -2.80. The number of aromatic nitrogens is 1. The molecule has 3 nitrogen and oxygen atoms in total. The lowest BCUT2D eigenvalue weighted by Crippen LogP contribution is -2.41. The standard InChI is InChI=1S/C13H20BNO2/c1-9-7-11(8-10(2)15-9)14-16-12(3,4)13(5,6)17-14/h7-8H,1-6H3/i1D3,2D3,7D,8D. The highest BCUT2D eigenvalue weighted by Crippen LogP contribution is 2.36. The van der Waals surface area contributed by atoms with Crippen LogP contribution in [-0.2, 0) is 9.31 Å². The Morgan fingerprint density at radius 2 is 1.59 bits per heavy atom. The van der Waals surface area contributed by atoms with Gasteiger partial charge in [0.15, 0.2) is 0 Å². The summed E-state index contributed by atoms with van der Waals surface area (Å²) in [6, 6.07) is -1.12. The van der Waals surface area contributed by atoms with E-state index in [0.29, 0.717) is 0 Å². The Bertz CT molecular complexity index is 644. The lowest BCUT2D eigenvalue weighted by Gasteiger charge is -2.32. The first kappa shape index (κ1) is 5.85. The third kappa shape index (κ3) is 2.24. The Labute approximate surface area is 115 Å². The molecule has 17 heavy (non-hydrogen) atoms. The van der Waals surface area contributed by atoms with Crippen molar-refractivity contribution in [1.82, 2.24) is 4.98 Å². The fraction of sp³-hybridized carbons (Fsp3) is 0.615. The summed E-state index contributed by atoms with van der Waals surface area (Å²) in [7, 11) is -1.23. The smallest absolute Gasteiger partial charge is 0.399 e. The van der Waals surface area contributed by atoms with E-state index in [1.807, 2.05) is 0 Å². The van der Waals surface area contributed by atoms with E-state index < -0.39 is 55.5 Å². The molecule has 1 saturated heterocycles. The molecule has 2 heterocycles. The Kier molecular flexibility index (Phi) is 1.31. The van der Waals surface area contributed by atoms with E-state index in [4.69, 9.17) is 20.3 Å². The van der Waals surface area contributed by atoms with Gasteiger partial charge < -0.3 is 9.31 Å². The highest BCUT2D eigenvalue weighted by atomic mass is 16.7. The van der Waals surface area contributed by atoms with Crippen molar-refractivity contribution < 1.29 is 20.3 Å². The molecular formula is C13H20BNO2. The van der Waals surface area contributed by atoms with Gasteiger partial charge >= 0.3 is 7.12 Å². The van der Waals surface area contributed by atoms with Crippen LogP contribution in [0.2, 0.25) is 0 Å². The van der Waals surface area contributed by atoms with Crippen LogP contribution in [0.3, 0.4) is 0 Å². The minimum Gasteiger partial charge on any atom is -0.399 e. The van der Waals surface area contributed by atoms with E-state index in [1.165, 1.54) is 0 Å². The molecule has 0 atom stereocenters. The van der Waals surface area contributed by atoms with Crippen LogP contribution in [0.15, 0.2) is 12.1 Å². The number of hydrogen-bond donors (Lipinski definition) is 0. The summed E-state index contributed by atoms with van der Waals surface area (Å²) in [6.45, 7) is 1.44. The Morgan fingerprint density at radius 3 is 2.00 bits per heavy atom. The largest absolute Gasteiger partial charge is 0.494 e. The molecule has 1 aliphatic heterocycles. The van der Waals surface area contributed by atoms with E-state index in [9.17, 15) is 0 Å². The molecule has 0 aromatic carbocycles. The van der Waals surface area contributed by atoms with Gasteiger partial charge in [0.1, 0.15) is 0 Å². The van der Waals surface area contributed by atoms with Crippen molar-refractivity contribution in [2.75, 3.05) is 0 Å². The van der Waals surface area contributed by atoms with Gasteiger partial charge in [-0.3, -0.25) is 4.98 Å². The van der Waals surface area contributed by atoms with Crippen LogP contribution in [0.5, 0.6) is 0 Å². The molecular weight excluding hydrogens is 213 g/mol. The molecule has 92 valence electrons. The molecule has 2 rings (SSSR count). The lowest BCUT2D eigenvalue weighted by molar-refractivity contribution is 0.00578. The van der Waals surface area contributed by atoms with E-state index in [0.717, 1.165) is 0 Å². The summed E-state index contributed by atoms with van der Waals surface area (Å²) in [5.74, 6) is 0. The highest BCUT2D eigenvalue weighted by Gasteiger charge is 2.51. The summed E-state index contributed by atoms with van der Waals surface area (Å²) < 4.78 is 73.1. The van der Waals surface area contributed by atoms with Crippen LogP contribution in [-0.4, -0.2) is 23.3 Å². The van der Waals surface area contributed by atoms with Gasteiger partial charge in [-0.15, -0.1) is 0 Å². The van der Waals surface area contributed by atoms with E-state index in [2.05, 4.69) is 4.98 Å². The van der Waals surface area contributed by atoms with Gasteiger partial charge in [0, 0.05) is 19.6 Å². The molecule has 0 spiro atoms. The molecule has 0 radical (unpaired) electrons. The maximum Gasteiger partial charge on any atom is 0.494 e. The number of hydrogen-bond acceptors (Lipinski definition) is 3. The lowest BCUT2D eigenvalue weighted by atomic mass is 9.79. The molecule has 4 heteroatoms. The van der Waals surface area contributed by atoms with Crippen molar-refractivity contribution in [1.29, 1.82) is 0 Å². The zero-order chi connectivity index (χ0) is 19.6. The summed E-state index contributed by atoms with van der Waals surface area (Å²) in [6.07, 6.45) is 0. The first-order valence-corrected chi connectivity index (χ1v) is 5.37. The number of rotatable bonds is 1. The van der Waals surface area contributed by atoms with Gasteiger partial charge in [0.2, 0.25) is 0 Å². The first-order chi connectivity index (χ1) is 11.0. The van der Waals surface area contributed by atoms with E-state index in [-0.39, 0.29) is 5.46 Å². The number of pyridine rings is 1. The highest BCUT2D eigenvalue weighted by molar-refractivity contribution is 6.62. The van der Waals surface area contributed by atoms with Crippen LogP contribution >= 0.6 is 0 Å². The van der Waals surface area contributed by atoms with Crippen molar-refractivity contribution in [2.24, 2.45) is 0 Å². The molecule has 1 aromatic rings. The molecule has 0 unspecified atom stereocenters. The Hall–Kier alpha value is -0.865. The van der Waals surface area contributed by atoms with Crippen molar-refractivity contribution in [3.63, 3.8) is 0 Å². The molecule has 0 aliphatic carbocycles. The fourth-order valence-corrected chi connectivity index (χ4v) is 1.53. The Morgan fingerprint density at radius 1 is 1.12 bits per heavy atom. The van der Waals surface area contributed by atoms with Crippen LogP contribution in [0.1, 0.15) is 50.0 Å². The predicted molar refractivity (Wildman–Crippen MR) is 69.4 cm³/mol. The van der Waals surface area contributed by atoms with Gasteiger partial charge in [-0.1, -0.05) is 0 Å². The molecule has 0 amide bonds. The van der Waals surface area contributed by atoms with Crippen LogP contribution < -0.4 is 5.46 Å². The fourth-order valence-electron chi connectivity index (χ4n) is 1.53. The second-order valence-electron chi connectivity index (χ2n) is 5.06. The molecule has 0 bridgehead atoms. The zero-order valence-corrected chi connectivity index (χ0v) is 10.3. The first-order valence-electron chi connectivity index (χ1n) is 9.37. The van der Waals surface area contributed by atoms with Crippen molar-refractivity contribution in [2.45, 2.75) is 52.6 Å². The summed E-state index contributed by atoms with van der Waals surface area (Å²) in [5.41, 5.74) is -3.18. The molecule has 0 N–H and O–H groups in total. The van der Waals surface area contributed by atoms with Gasteiger partial charge in [0.25, 0.3) is 0 Å². The Balaban J connectivity index is 2.74. The van der Waals surface area contributed by atoms with Crippen LogP contribution in [0.25, 0.3) is 0 Å². The zero-order valence-electron chi connectivity index (χ0n) is 18.3. The molecule has 1 aliphatic rings. The molecule has 1 fully saturated rings. The summed E-state index contributed by atoms with van der Waals surface area (Å²) in [5, 5.41) is 0. The van der Waals surface area contributed by atoms with Crippen molar-refractivity contribution in [3.8, 4) is 0 Å². The average molecular weight is 241 g/mol. The van der Waals surface area contributed by atoms with Crippen molar-refractivity contribution in [3.05, 3.63) is 23.5 Å². The van der Waals surface area contributed by atoms with Crippen LogP contribution in [0.4, 0.5) is 0 Å². The second kappa shape index (κ2) is 3.82. The normalized spacial score (nSPS) is 30.2. The number of aryl methyl sites for hydroxylation is 2. The maximum absolute atomic E-state index is 8.18. The summed E-state index contributed by atoms with van der Waals surface area (Å²) >= 11 is 0. The SMILES string of the molecule is [2H]c1c(C([2H])([2H])[2H])nc(C([2H])([2H])[2H])c([2H])c1B1OC(C)(C)C(C)(C)O1. The second-order valence-corrected chi connectivity index (χ2v) is 5.06. The van der Waals surface area contributed by atoms with Gasteiger partial charge in [-0.25, -0.2) is 0 Å². The monoisotopic (exact) mass is 241 g/mol. The third-order valence-electron chi connectivity index (χ3n) is 3.22. The molecule has 0 saturated carbocycles. The van der Waals surface area contributed by atoms with E-state index in [1.54, 1.807) is 27.7 Å². The average Bonchev–Trinajstić information content (AvgIpc) is 2.54. The number of nitrogens with zero attached hydrogens (tertiary/aromatic N) is 1. The molecule has 1 aromatic heterocycles. The van der Waals surface area contributed by atoms with Gasteiger partial charge in [-0.2, -0.15) is 0 Å². The topological polar surface area (TPSA) is 31.4 Å². The van der Waals surface area contributed by atoms with Crippen molar-refractivity contribution >= 4 is 12.6 Å². The van der Waals surface area contributed by atoms with Crippen LogP contribution in [0, 0.1) is 13.7 Å². The third-order valence-corrected chi connectivity index (χ3v) is 3.22. The minimum absolute atomic E-state index is 0.231. The quantitative estimate of drug-likeness (QED) is 0.705. The maximum atomic E-state index is 8.18. The predicted octanol–water partition coefficient (Wildman–Crippen LogP) is 2.00. The van der Waals surface area contributed by atoms with E-state index >= 15 is 0 Å². The summed E-state index contributed by atoms with van der Waals surface area (Å²) in [4.78, 5) is 3.61.